The normalized spacial score (nSPS) is 14.7. The first-order valence-electron chi connectivity index (χ1n) is 7.59. The predicted molar refractivity (Wildman–Crippen MR) is 79.0 cm³/mol. The topological polar surface area (TPSA) is 149 Å². The van der Waals surface area contributed by atoms with Crippen molar-refractivity contribution in [2.24, 2.45) is 17.8 Å². The standard InChI is InChI=1S/C15H24O8/c1-2-3-4-5-6-9(10(14(20)21)7-12(16)17)11(15(22)23)8-13(18)19/h9-11H,2-8H2,1H3,(H,16,17)(H,18,19)(H,20,21)(H,22,23). The van der Waals surface area contributed by atoms with E-state index >= 15 is 0 Å². The molecule has 8 nitrogen and oxygen atoms in total. The maximum Gasteiger partial charge on any atom is 0.307 e. The van der Waals surface area contributed by atoms with Gasteiger partial charge in [-0.3, -0.25) is 19.2 Å². The van der Waals surface area contributed by atoms with E-state index in [1.54, 1.807) is 0 Å². The van der Waals surface area contributed by atoms with E-state index < -0.39 is 54.5 Å². The Morgan fingerprint density at radius 1 is 0.739 bits per heavy atom. The molecule has 132 valence electrons. The maximum atomic E-state index is 11.4. The van der Waals surface area contributed by atoms with Crippen LogP contribution in [0.1, 0.15) is 51.9 Å². The maximum absolute atomic E-state index is 11.4. The Balaban J connectivity index is 5.35. The minimum atomic E-state index is -1.42. The summed E-state index contributed by atoms with van der Waals surface area (Å²) in [6.07, 6.45) is 1.83. The van der Waals surface area contributed by atoms with Gasteiger partial charge in [-0.1, -0.05) is 32.6 Å². The molecule has 0 saturated heterocycles. The fourth-order valence-corrected chi connectivity index (χ4v) is 2.71. The van der Waals surface area contributed by atoms with Crippen molar-refractivity contribution < 1.29 is 39.6 Å². The second kappa shape index (κ2) is 10.6. The molecule has 0 aromatic heterocycles. The summed E-state index contributed by atoms with van der Waals surface area (Å²) in [5.74, 6) is -9.40. The van der Waals surface area contributed by atoms with E-state index in [0.29, 0.717) is 6.42 Å². The number of carboxylic acid groups (broad SMARTS) is 4. The molecule has 0 aliphatic rings. The fraction of sp³-hybridized carbons (Fsp3) is 0.733. The lowest BCUT2D eigenvalue weighted by atomic mass is 9.75. The molecule has 0 rings (SSSR count). The van der Waals surface area contributed by atoms with Gasteiger partial charge in [0, 0.05) is 0 Å². The second-order valence-corrected chi connectivity index (χ2v) is 5.60. The molecule has 2 atom stereocenters. The van der Waals surface area contributed by atoms with Crippen molar-refractivity contribution in [3.8, 4) is 0 Å². The lowest BCUT2D eigenvalue weighted by Crippen LogP contribution is -2.36. The third kappa shape index (κ3) is 8.18. The van der Waals surface area contributed by atoms with E-state index in [4.69, 9.17) is 10.2 Å². The average Bonchev–Trinajstić information content (AvgIpc) is 2.42. The van der Waals surface area contributed by atoms with Crippen LogP contribution in [0.25, 0.3) is 0 Å². The molecule has 0 aromatic rings. The van der Waals surface area contributed by atoms with Crippen LogP contribution < -0.4 is 0 Å². The first kappa shape index (κ1) is 20.9. The Hall–Kier alpha value is -2.12. The second-order valence-electron chi connectivity index (χ2n) is 5.60. The van der Waals surface area contributed by atoms with Crippen molar-refractivity contribution in [3.63, 3.8) is 0 Å². The van der Waals surface area contributed by atoms with Crippen LogP contribution in [-0.2, 0) is 19.2 Å². The summed E-state index contributed by atoms with van der Waals surface area (Å²) in [4.78, 5) is 44.5. The van der Waals surface area contributed by atoms with Gasteiger partial charge in [-0.25, -0.2) is 0 Å². The zero-order chi connectivity index (χ0) is 18.0. The van der Waals surface area contributed by atoms with E-state index in [1.165, 1.54) is 0 Å². The van der Waals surface area contributed by atoms with E-state index in [0.717, 1.165) is 19.3 Å². The number of carbonyl (C=O) groups is 4. The quantitative estimate of drug-likeness (QED) is 0.374. The molecule has 0 bridgehead atoms. The van der Waals surface area contributed by atoms with Crippen molar-refractivity contribution in [1.29, 1.82) is 0 Å². The van der Waals surface area contributed by atoms with Crippen LogP contribution in [0.2, 0.25) is 0 Å². The van der Waals surface area contributed by atoms with Gasteiger partial charge in [0.25, 0.3) is 0 Å². The smallest absolute Gasteiger partial charge is 0.307 e. The monoisotopic (exact) mass is 332 g/mol. The van der Waals surface area contributed by atoms with Gasteiger partial charge in [0.05, 0.1) is 24.7 Å². The third-order valence-corrected chi connectivity index (χ3v) is 3.85. The van der Waals surface area contributed by atoms with Crippen LogP contribution in [0.15, 0.2) is 0 Å². The summed E-state index contributed by atoms with van der Waals surface area (Å²) in [7, 11) is 0. The van der Waals surface area contributed by atoms with Crippen molar-refractivity contribution in [3.05, 3.63) is 0 Å². The average molecular weight is 332 g/mol. The number of rotatable bonds is 13. The van der Waals surface area contributed by atoms with Crippen LogP contribution in [-0.4, -0.2) is 44.3 Å². The van der Waals surface area contributed by atoms with E-state index in [1.807, 2.05) is 6.92 Å². The summed E-state index contributed by atoms with van der Waals surface area (Å²) in [6, 6.07) is 0. The van der Waals surface area contributed by atoms with Crippen molar-refractivity contribution in [2.45, 2.75) is 51.9 Å². The SMILES string of the molecule is CCCCCCC(C(CC(=O)O)C(=O)O)C(CC(=O)O)C(=O)O. The number of hydrogen-bond donors (Lipinski definition) is 4. The summed E-state index contributed by atoms with van der Waals surface area (Å²) < 4.78 is 0. The molecule has 0 fully saturated rings. The number of hydrogen-bond acceptors (Lipinski definition) is 4. The minimum Gasteiger partial charge on any atom is -0.481 e. The lowest BCUT2D eigenvalue weighted by Gasteiger charge is -2.27. The highest BCUT2D eigenvalue weighted by Gasteiger charge is 2.39. The highest BCUT2D eigenvalue weighted by Crippen LogP contribution is 2.32. The molecule has 0 aliphatic carbocycles. The Kier molecular flexibility index (Phi) is 9.60. The molecule has 0 radical (unpaired) electrons. The summed E-state index contributed by atoms with van der Waals surface area (Å²) in [5, 5.41) is 36.2. The summed E-state index contributed by atoms with van der Waals surface area (Å²) in [5.41, 5.74) is 0. The minimum absolute atomic E-state index is 0.175. The fourth-order valence-electron chi connectivity index (χ4n) is 2.71. The van der Waals surface area contributed by atoms with Crippen molar-refractivity contribution >= 4 is 23.9 Å². The molecular formula is C15H24O8. The highest BCUT2D eigenvalue weighted by molar-refractivity contribution is 5.81. The number of aliphatic carboxylic acids is 4. The van der Waals surface area contributed by atoms with Crippen LogP contribution in [0.3, 0.4) is 0 Å². The Morgan fingerprint density at radius 2 is 1.17 bits per heavy atom. The van der Waals surface area contributed by atoms with E-state index in [-0.39, 0.29) is 6.42 Å². The zero-order valence-corrected chi connectivity index (χ0v) is 13.1. The molecule has 0 amide bonds. The van der Waals surface area contributed by atoms with Gasteiger partial charge in [0.1, 0.15) is 0 Å². The van der Waals surface area contributed by atoms with Crippen LogP contribution >= 0.6 is 0 Å². The first-order chi connectivity index (χ1) is 10.7. The van der Waals surface area contributed by atoms with Gasteiger partial charge in [0.2, 0.25) is 0 Å². The van der Waals surface area contributed by atoms with E-state index in [9.17, 15) is 29.4 Å². The van der Waals surface area contributed by atoms with Gasteiger partial charge < -0.3 is 20.4 Å². The van der Waals surface area contributed by atoms with Crippen molar-refractivity contribution in [2.75, 3.05) is 0 Å². The molecule has 0 aromatic carbocycles. The first-order valence-corrected chi connectivity index (χ1v) is 7.59. The van der Waals surface area contributed by atoms with E-state index in [2.05, 4.69) is 0 Å². The Morgan fingerprint density at radius 3 is 1.48 bits per heavy atom. The third-order valence-electron chi connectivity index (χ3n) is 3.85. The Bertz CT molecular complexity index is 397. The van der Waals surface area contributed by atoms with Crippen LogP contribution in [0.4, 0.5) is 0 Å². The molecule has 0 heterocycles. The van der Waals surface area contributed by atoms with Gasteiger partial charge in [-0.15, -0.1) is 0 Å². The molecule has 23 heavy (non-hydrogen) atoms. The lowest BCUT2D eigenvalue weighted by molar-refractivity contribution is -0.157. The van der Waals surface area contributed by atoms with Crippen molar-refractivity contribution in [1.82, 2.24) is 0 Å². The van der Waals surface area contributed by atoms with Gasteiger partial charge in [0.15, 0.2) is 0 Å². The number of carboxylic acids is 4. The largest absolute Gasteiger partial charge is 0.481 e. The summed E-state index contributed by atoms with van der Waals surface area (Å²) in [6.45, 7) is 1.98. The van der Waals surface area contributed by atoms with Gasteiger partial charge >= 0.3 is 23.9 Å². The molecule has 4 N–H and O–H groups in total. The zero-order valence-electron chi connectivity index (χ0n) is 13.1. The predicted octanol–water partition coefficient (Wildman–Crippen LogP) is 1.92. The summed E-state index contributed by atoms with van der Waals surface area (Å²) >= 11 is 0. The van der Waals surface area contributed by atoms with Crippen LogP contribution in [0.5, 0.6) is 0 Å². The molecular weight excluding hydrogens is 308 g/mol. The van der Waals surface area contributed by atoms with Crippen LogP contribution in [0, 0.1) is 17.8 Å². The molecule has 0 aliphatic heterocycles. The van der Waals surface area contributed by atoms with Gasteiger partial charge in [-0.2, -0.15) is 0 Å². The molecule has 0 saturated carbocycles. The highest BCUT2D eigenvalue weighted by atomic mass is 16.4. The van der Waals surface area contributed by atoms with Gasteiger partial charge in [-0.05, 0) is 12.3 Å². The molecule has 0 spiro atoms. The molecule has 8 heteroatoms. The Labute approximate surface area is 134 Å². The molecule has 2 unspecified atom stereocenters. The number of unbranched alkanes of at least 4 members (excludes halogenated alkanes) is 3.